The summed E-state index contributed by atoms with van der Waals surface area (Å²) in [5.41, 5.74) is 14.4. The van der Waals surface area contributed by atoms with Crippen molar-refractivity contribution < 1.29 is 29.0 Å². The molecule has 0 saturated heterocycles. The summed E-state index contributed by atoms with van der Waals surface area (Å²) in [5, 5.41) is 16.5. The molecule has 2 atom stereocenters. The van der Waals surface area contributed by atoms with Crippen LogP contribution in [0.3, 0.4) is 0 Å². The second-order valence-corrected chi connectivity index (χ2v) is 5.71. The Balaban J connectivity index is 0. The van der Waals surface area contributed by atoms with Crippen molar-refractivity contribution in [2.24, 2.45) is 27.6 Å². The van der Waals surface area contributed by atoms with E-state index in [9.17, 15) is 18.8 Å². The van der Waals surface area contributed by atoms with Crippen LogP contribution in [0.25, 0.3) is 0 Å². The van der Waals surface area contributed by atoms with E-state index in [1.54, 1.807) is 0 Å². The summed E-state index contributed by atoms with van der Waals surface area (Å²) in [6.45, 7) is 4.85. The van der Waals surface area contributed by atoms with Crippen molar-refractivity contribution in [3.05, 3.63) is 0 Å². The van der Waals surface area contributed by atoms with Gasteiger partial charge in [0.05, 0.1) is 0 Å². The fourth-order valence-corrected chi connectivity index (χ4v) is 1.14. The van der Waals surface area contributed by atoms with Crippen LogP contribution >= 0.6 is 0 Å². The summed E-state index contributed by atoms with van der Waals surface area (Å²) in [6, 6.07) is -0.820. The number of ketones is 1. The van der Waals surface area contributed by atoms with Gasteiger partial charge < -0.3 is 27.4 Å². The average molecular weight is 336 g/mol. The first-order chi connectivity index (χ1) is 10.3. The van der Waals surface area contributed by atoms with Gasteiger partial charge in [0.15, 0.2) is 11.7 Å². The smallest absolute Gasteiger partial charge is 0.346 e. The fourth-order valence-electron chi connectivity index (χ4n) is 1.14. The molecule has 0 saturated carbocycles. The SMILES string of the molecule is CC(C)(C)C(=O)[C@H](F)C(=O)O.NC(N)=NCCC[C@H](N)C(=O)O. The molecule has 0 aliphatic heterocycles. The molecule has 0 unspecified atom stereocenters. The minimum Gasteiger partial charge on any atom is -0.480 e. The zero-order valence-corrected chi connectivity index (χ0v) is 13.5. The summed E-state index contributed by atoms with van der Waals surface area (Å²) in [4.78, 5) is 34.7. The first kappa shape index (κ1) is 23.0. The maximum Gasteiger partial charge on any atom is 0.346 e. The van der Waals surface area contributed by atoms with Crippen molar-refractivity contribution in [1.82, 2.24) is 0 Å². The number of carboxylic acid groups (broad SMARTS) is 2. The van der Waals surface area contributed by atoms with Gasteiger partial charge >= 0.3 is 11.9 Å². The van der Waals surface area contributed by atoms with Crippen LogP contribution in [0.5, 0.6) is 0 Å². The molecular formula is C13H25FN4O5. The summed E-state index contributed by atoms with van der Waals surface area (Å²) in [5.74, 6) is -3.60. The molecule has 0 aromatic rings. The van der Waals surface area contributed by atoms with Gasteiger partial charge in [0, 0.05) is 12.0 Å². The van der Waals surface area contributed by atoms with Crippen LogP contribution in [0.2, 0.25) is 0 Å². The van der Waals surface area contributed by atoms with Crippen molar-refractivity contribution in [3.8, 4) is 0 Å². The number of hydrogen-bond acceptors (Lipinski definition) is 5. The Morgan fingerprint density at radius 3 is 1.87 bits per heavy atom. The van der Waals surface area contributed by atoms with E-state index in [-0.39, 0.29) is 5.96 Å². The van der Waals surface area contributed by atoms with E-state index in [0.29, 0.717) is 19.4 Å². The number of nitrogens with zero attached hydrogens (tertiary/aromatic N) is 1. The highest BCUT2D eigenvalue weighted by Gasteiger charge is 2.34. The van der Waals surface area contributed by atoms with Crippen LogP contribution in [0.1, 0.15) is 33.6 Å². The van der Waals surface area contributed by atoms with Gasteiger partial charge in [-0.2, -0.15) is 0 Å². The zero-order valence-electron chi connectivity index (χ0n) is 13.5. The number of Topliss-reactive ketones (excluding diaryl/α,β-unsaturated/α-hetero) is 1. The number of rotatable bonds is 7. The Morgan fingerprint density at radius 1 is 1.13 bits per heavy atom. The number of alkyl halides is 1. The number of carbonyl (C=O) groups is 3. The van der Waals surface area contributed by atoms with Gasteiger partial charge in [0.25, 0.3) is 6.17 Å². The number of hydrogen-bond donors (Lipinski definition) is 5. The number of carbonyl (C=O) groups excluding carboxylic acids is 1. The van der Waals surface area contributed by atoms with E-state index in [0.717, 1.165) is 0 Å². The number of halogens is 1. The lowest BCUT2D eigenvalue weighted by Crippen LogP contribution is -2.34. The predicted molar refractivity (Wildman–Crippen MR) is 82.5 cm³/mol. The molecule has 0 aromatic carbocycles. The van der Waals surface area contributed by atoms with Crippen molar-refractivity contribution >= 4 is 23.7 Å². The van der Waals surface area contributed by atoms with E-state index in [1.165, 1.54) is 20.8 Å². The summed E-state index contributed by atoms with van der Waals surface area (Å²) in [7, 11) is 0. The maximum absolute atomic E-state index is 12.5. The number of aliphatic imine (C=N–C) groups is 1. The molecule has 0 aliphatic carbocycles. The van der Waals surface area contributed by atoms with Crippen LogP contribution in [-0.2, 0) is 14.4 Å². The largest absolute Gasteiger partial charge is 0.480 e. The lowest BCUT2D eigenvalue weighted by molar-refractivity contribution is -0.150. The average Bonchev–Trinajstić information content (AvgIpc) is 2.40. The predicted octanol–water partition coefficient (Wildman–Crippen LogP) is -0.524. The molecule has 8 N–H and O–H groups in total. The second-order valence-electron chi connectivity index (χ2n) is 5.71. The molecule has 9 nitrogen and oxygen atoms in total. The highest BCUT2D eigenvalue weighted by atomic mass is 19.1. The van der Waals surface area contributed by atoms with Crippen molar-refractivity contribution in [3.63, 3.8) is 0 Å². The van der Waals surface area contributed by atoms with Crippen LogP contribution in [-0.4, -0.2) is 52.7 Å². The molecule has 0 radical (unpaired) electrons. The second kappa shape index (κ2) is 10.5. The quantitative estimate of drug-likeness (QED) is 0.178. The molecule has 0 amide bonds. The number of carboxylic acids is 2. The number of nitrogens with two attached hydrogens (primary N) is 3. The third kappa shape index (κ3) is 12.0. The first-order valence-corrected chi connectivity index (χ1v) is 6.75. The minimum atomic E-state index is -2.39. The molecule has 10 heteroatoms. The third-order valence-electron chi connectivity index (χ3n) is 2.47. The van der Waals surface area contributed by atoms with E-state index < -0.39 is 35.4 Å². The van der Waals surface area contributed by atoms with Gasteiger partial charge in [0.2, 0.25) is 0 Å². The van der Waals surface area contributed by atoms with E-state index in [4.69, 9.17) is 27.4 Å². The lowest BCUT2D eigenvalue weighted by Gasteiger charge is -2.16. The van der Waals surface area contributed by atoms with Crippen LogP contribution < -0.4 is 17.2 Å². The maximum atomic E-state index is 12.5. The normalized spacial score (nSPS) is 13.1. The molecule has 0 rings (SSSR count). The van der Waals surface area contributed by atoms with Crippen LogP contribution in [0.4, 0.5) is 4.39 Å². The Bertz CT molecular complexity index is 444. The standard InChI is InChI=1S/C7H11FO3.C6H14N4O2/c1-7(2,3)5(9)4(8)6(10)11;7-4(5(11)12)2-1-3-10-6(8)9/h4H,1-3H3,(H,10,11);4H,1-3,7H2,(H,11,12)(H4,8,9,10)/t2*4-/m00/s1. The summed E-state index contributed by atoms with van der Waals surface area (Å²) >= 11 is 0. The third-order valence-corrected chi connectivity index (χ3v) is 2.47. The molecule has 0 fully saturated rings. The molecule has 134 valence electrons. The molecule has 0 heterocycles. The Labute approximate surface area is 133 Å². The Kier molecular flexibility index (Phi) is 10.5. The van der Waals surface area contributed by atoms with Gasteiger partial charge in [-0.1, -0.05) is 20.8 Å². The van der Waals surface area contributed by atoms with Gasteiger partial charge in [-0.3, -0.25) is 14.6 Å². The van der Waals surface area contributed by atoms with Gasteiger partial charge in [0.1, 0.15) is 6.04 Å². The Hall–Kier alpha value is -2.23. The zero-order chi connectivity index (χ0) is 18.8. The molecular weight excluding hydrogens is 311 g/mol. The topological polar surface area (TPSA) is 182 Å². The number of aliphatic carboxylic acids is 2. The highest BCUT2D eigenvalue weighted by molar-refractivity contribution is 6.03. The van der Waals surface area contributed by atoms with Crippen molar-refractivity contribution in [2.45, 2.75) is 45.8 Å². The monoisotopic (exact) mass is 336 g/mol. The fraction of sp³-hybridized carbons (Fsp3) is 0.692. The molecule has 0 spiro atoms. The van der Waals surface area contributed by atoms with Crippen molar-refractivity contribution in [2.75, 3.05) is 6.54 Å². The summed E-state index contributed by atoms with van der Waals surface area (Å²) < 4.78 is 12.5. The molecule has 0 aliphatic rings. The van der Waals surface area contributed by atoms with Gasteiger partial charge in [-0.25, -0.2) is 9.18 Å². The first-order valence-electron chi connectivity index (χ1n) is 6.75. The van der Waals surface area contributed by atoms with Gasteiger partial charge in [-0.15, -0.1) is 0 Å². The van der Waals surface area contributed by atoms with E-state index in [2.05, 4.69) is 4.99 Å². The van der Waals surface area contributed by atoms with Crippen LogP contribution in [0, 0.1) is 5.41 Å². The summed E-state index contributed by atoms with van der Waals surface area (Å²) in [6.07, 6.45) is -1.44. The van der Waals surface area contributed by atoms with Crippen LogP contribution in [0.15, 0.2) is 4.99 Å². The molecule has 0 aromatic heterocycles. The van der Waals surface area contributed by atoms with E-state index >= 15 is 0 Å². The highest BCUT2D eigenvalue weighted by Crippen LogP contribution is 2.18. The van der Waals surface area contributed by atoms with Gasteiger partial charge in [-0.05, 0) is 12.8 Å². The lowest BCUT2D eigenvalue weighted by atomic mass is 9.88. The Morgan fingerprint density at radius 2 is 1.61 bits per heavy atom. The van der Waals surface area contributed by atoms with Crippen molar-refractivity contribution in [1.29, 1.82) is 0 Å². The van der Waals surface area contributed by atoms with E-state index in [1.807, 2.05) is 0 Å². The molecule has 0 bridgehead atoms. The number of guanidine groups is 1. The molecule has 23 heavy (non-hydrogen) atoms. The minimum absolute atomic E-state index is 0.0129.